The Kier molecular flexibility index (Phi) is 9.23. The molecule has 1 rings (SSSR count). The number of rotatable bonds is 7. The summed E-state index contributed by atoms with van der Waals surface area (Å²) in [6.07, 6.45) is 3.99. The van der Waals surface area contributed by atoms with Crippen molar-refractivity contribution in [2.24, 2.45) is 10.7 Å². The molecular weight excluding hydrogens is 336 g/mol. The number of esters is 1. The zero-order valence-electron chi connectivity index (χ0n) is 16.6. The largest absolute Gasteiger partial charge is 0.469 e. The first-order chi connectivity index (χ1) is 12.2. The minimum Gasteiger partial charge on any atom is -0.469 e. The zero-order chi connectivity index (χ0) is 19.6. The van der Waals surface area contributed by atoms with Gasteiger partial charge in [0, 0.05) is 39.1 Å². The zero-order valence-corrected chi connectivity index (χ0v) is 16.6. The molecule has 2 N–H and O–H groups in total. The number of nitrogens with two attached hydrogens (primary N) is 1. The maximum atomic E-state index is 12.0. The summed E-state index contributed by atoms with van der Waals surface area (Å²) in [7, 11) is 1.41. The molecule has 150 valence electrons. The van der Waals surface area contributed by atoms with E-state index in [0.717, 1.165) is 25.7 Å². The van der Waals surface area contributed by atoms with Crippen LogP contribution < -0.4 is 5.73 Å². The van der Waals surface area contributed by atoms with Crippen LogP contribution in [0, 0.1) is 0 Å². The lowest BCUT2D eigenvalue weighted by molar-refractivity contribution is -0.140. The van der Waals surface area contributed by atoms with Crippen LogP contribution in [-0.2, 0) is 14.3 Å². The second kappa shape index (κ2) is 10.9. The van der Waals surface area contributed by atoms with Gasteiger partial charge >= 0.3 is 12.1 Å². The van der Waals surface area contributed by atoms with Crippen molar-refractivity contribution < 1.29 is 19.1 Å². The number of guanidine groups is 1. The minimum atomic E-state index is -0.481. The predicted molar refractivity (Wildman–Crippen MR) is 101 cm³/mol. The van der Waals surface area contributed by atoms with Crippen LogP contribution in [0.15, 0.2) is 4.99 Å². The summed E-state index contributed by atoms with van der Waals surface area (Å²) >= 11 is 0. The van der Waals surface area contributed by atoms with Gasteiger partial charge in [-0.3, -0.25) is 9.79 Å². The fraction of sp³-hybridized carbons (Fsp3) is 0.833. The van der Waals surface area contributed by atoms with Gasteiger partial charge in [-0.2, -0.15) is 0 Å². The molecule has 1 aliphatic heterocycles. The van der Waals surface area contributed by atoms with Crippen LogP contribution >= 0.6 is 0 Å². The normalized spacial score (nSPS) is 15.8. The number of carbonyl (C=O) groups excluding carboxylic acids is 2. The third-order valence-electron chi connectivity index (χ3n) is 4.05. The monoisotopic (exact) mass is 370 g/mol. The van der Waals surface area contributed by atoms with Crippen LogP contribution in [0.2, 0.25) is 0 Å². The smallest absolute Gasteiger partial charge is 0.410 e. The van der Waals surface area contributed by atoms with Gasteiger partial charge in [-0.1, -0.05) is 12.8 Å². The Morgan fingerprint density at radius 1 is 1.00 bits per heavy atom. The predicted octanol–water partition coefficient (Wildman–Crippen LogP) is 1.98. The van der Waals surface area contributed by atoms with E-state index in [2.05, 4.69) is 9.73 Å². The molecule has 1 aliphatic rings. The quantitative estimate of drug-likeness (QED) is 0.318. The molecular formula is C18H34N4O4. The van der Waals surface area contributed by atoms with Gasteiger partial charge in [0.25, 0.3) is 0 Å². The molecule has 1 heterocycles. The first-order valence-electron chi connectivity index (χ1n) is 9.32. The maximum absolute atomic E-state index is 12.0. The van der Waals surface area contributed by atoms with Crippen molar-refractivity contribution in [3.05, 3.63) is 0 Å². The van der Waals surface area contributed by atoms with Gasteiger partial charge in [0.15, 0.2) is 5.96 Å². The molecule has 0 saturated carbocycles. The molecule has 0 radical (unpaired) electrons. The number of aliphatic imine (C=N–C) groups is 1. The topological polar surface area (TPSA) is 97.5 Å². The van der Waals surface area contributed by atoms with E-state index in [0.29, 0.717) is 45.1 Å². The van der Waals surface area contributed by atoms with Gasteiger partial charge in [0.1, 0.15) is 5.60 Å². The molecule has 0 aromatic carbocycles. The molecule has 0 aromatic heterocycles. The Balaban J connectivity index is 2.20. The number of ether oxygens (including phenoxy) is 2. The molecule has 0 aromatic rings. The number of nitrogens with zero attached hydrogens (tertiary/aromatic N) is 3. The van der Waals surface area contributed by atoms with Crippen molar-refractivity contribution in [1.29, 1.82) is 0 Å². The molecule has 8 heteroatoms. The number of methoxy groups -OCH3 is 1. The van der Waals surface area contributed by atoms with Crippen molar-refractivity contribution in [2.75, 3.05) is 39.8 Å². The number of unbranched alkanes of at least 4 members (excludes halogenated alkanes) is 3. The van der Waals surface area contributed by atoms with Crippen LogP contribution in [-0.4, -0.2) is 73.3 Å². The number of hydrogen-bond acceptors (Lipinski definition) is 5. The first-order valence-corrected chi connectivity index (χ1v) is 9.32. The van der Waals surface area contributed by atoms with Gasteiger partial charge in [-0.25, -0.2) is 4.79 Å². The summed E-state index contributed by atoms with van der Waals surface area (Å²) in [5, 5.41) is 0. The number of hydrogen-bond donors (Lipinski definition) is 1. The Morgan fingerprint density at radius 3 is 2.15 bits per heavy atom. The van der Waals surface area contributed by atoms with Crippen molar-refractivity contribution in [2.45, 2.75) is 58.5 Å². The van der Waals surface area contributed by atoms with E-state index >= 15 is 0 Å². The van der Waals surface area contributed by atoms with E-state index in [-0.39, 0.29) is 12.1 Å². The lowest BCUT2D eigenvalue weighted by atomic mass is 10.1. The van der Waals surface area contributed by atoms with Crippen molar-refractivity contribution in [1.82, 2.24) is 9.80 Å². The lowest BCUT2D eigenvalue weighted by Crippen LogP contribution is -2.53. The van der Waals surface area contributed by atoms with E-state index in [1.807, 2.05) is 25.7 Å². The highest BCUT2D eigenvalue weighted by Gasteiger charge is 2.26. The van der Waals surface area contributed by atoms with Crippen LogP contribution in [0.1, 0.15) is 52.9 Å². The molecule has 1 saturated heterocycles. The van der Waals surface area contributed by atoms with Gasteiger partial charge in [0.2, 0.25) is 0 Å². The number of piperazine rings is 1. The summed E-state index contributed by atoms with van der Waals surface area (Å²) in [6, 6.07) is 0. The van der Waals surface area contributed by atoms with Crippen molar-refractivity contribution in [3.8, 4) is 0 Å². The Hall–Kier alpha value is -1.99. The van der Waals surface area contributed by atoms with Gasteiger partial charge < -0.3 is 25.0 Å². The molecule has 0 bridgehead atoms. The Labute approximate surface area is 156 Å². The minimum absolute atomic E-state index is 0.155. The maximum Gasteiger partial charge on any atom is 0.410 e. The highest BCUT2D eigenvalue weighted by Crippen LogP contribution is 2.12. The second-order valence-corrected chi connectivity index (χ2v) is 7.43. The number of carbonyl (C=O) groups is 2. The van der Waals surface area contributed by atoms with Crippen LogP contribution in [0.5, 0.6) is 0 Å². The highest BCUT2D eigenvalue weighted by atomic mass is 16.6. The van der Waals surface area contributed by atoms with Gasteiger partial charge in [0.05, 0.1) is 7.11 Å². The van der Waals surface area contributed by atoms with Crippen molar-refractivity contribution in [3.63, 3.8) is 0 Å². The first kappa shape index (κ1) is 22.1. The molecule has 1 amide bonds. The Morgan fingerprint density at radius 2 is 1.58 bits per heavy atom. The SMILES string of the molecule is COC(=O)CCCCCCN=C(N)N1CCN(C(=O)OC(C)(C)C)CC1. The fourth-order valence-electron chi connectivity index (χ4n) is 2.57. The van der Waals surface area contributed by atoms with Crippen LogP contribution in [0.3, 0.4) is 0 Å². The summed E-state index contributed by atoms with van der Waals surface area (Å²) < 4.78 is 9.99. The molecule has 0 aliphatic carbocycles. The lowest BCUT2D eigenvalue weighted by Gasteiger charge is -2.36. The van der Waals surface area contributed by atoms with Crippen LogP contribution in [0.4, 0.5) is 4.79 Å². The summed E-state index contributed by atoms with van der Waals surface area (Å²) in [5.41, 5.74) is 5.57. The Bertz CT molecular complexity index is 480. The summed E-state index contributed by atoms with van der Waals surface area (Å²) in [6.45, 7) is 8.75. The van der Waals surface area contributed by atoms with Gasteiger partial charge in [-0.15, -0.1) is 0 Å². The summed E-state index contributed by atoms with van der Waals surface area (Å²) in [4.78, 5) is 31.2. The average molecular weight is 370 g/mol. The van der Waals surface area contributed by atoms with Crippen LogP contribution in [0.25, 0.3) is 0 Å². The van der Waals surface area contributed by atoms with E-state index in [4.69, 9.17) is 10.5 Å². The van der Waals surface area contributed by atoms with E-state index in [1.54, 1.807) is 4.90 Å². The second-order valence-electron chi connectivity index (χ2n) is 7.43. The number of amides is 1. The fourth-order valence-corrected chi connectivity index (χ4v) is 2.57. The third kappa shape index (κ3) is 8.92. The third-order valence-corrected chi connectivity index (χ3v) is 4.05. The van der Waals surface area contributed by atoms with E-state index < -0.39 is 5.60 Å². The summed E-state index contributed by atoms with van der Waals surface area (Å²) in [5.74, 6) is 0.376. The van der Waals surface area contributed by atoms with E-state index in [9.17, 15) is 9.59 Å². The van der Waals surface area contributed by atoms with Gasteiger partial charge in [-0.05, 0) is 33.6 Å². The molecule has 1 fully saturated rings. The standard InChI is InChI=1S/C18H34N4O4/c1-18(2,3)26-17(24)22-13-11-21(12-14-22)16(19)20-10-8-6-5-7-9-15(23)25-4/h5-14H2,1-4H3,(H2,19,20). The molecule has 0 spiro atoms. The highest BCUT2D eigenvalue weighted by molar-refractivity contribution is 5.78. The molecule has 26 heavy (non-hydrogen) atoms. The molecule has 0 atom stereocenters. The van der Waals surface area contributed by atoms with E-state index in [1.165, 1.54) is 7.11 Å². The molecule has 8 nitrogen and oxygen atoms in total. The average Bonchev–Trinajstić information content (AvgIpc) is 2.59. The van der Waals surface area contributed by atoms with Crippen molar-refractivity contribution >= 4 is 18.0 Å². The molecule has 0 unspecified atom stereocenters.